The summed E-state index contributed by atoms with van der Waals surface area (Å²) >= 11 is 6.45. The van der Waals surface area contributed by atoms with E-state index in [0.29, 0.717) is 28.6 Å². The van der Waals surface area contributed by atoms with Crippen molar-refractivity contribution >= 4 is 46.2 Å². The average molecular weight is 505 g/mol. The highest BCUT2D eigenvalue weighted by atomic mass is 32.2. The quantitative estimate of drug-likeness (QED) is 0.342. The van der Waals surface area contributed by atoms with Crippen molar-refractivity contribution in [3.8, 4) is 11.5 Å². The maximum Gasteiger partial charge on any atom is 0.285 e. The van der Waals surface area contributed by atoms with E-state index in [2.05, 4.69) is 11.5 Å². The van der Waals surface area contributed by atoms with E-state index in [1.165, 1.54) is 5.56 Å². The van der Waals surface area contributed by atoms with E-state index in [-0.39, 0.29) is 10.2 Å². The normalized spacial score (nSPS) is 14.4. The third kappa shape index (κ3) is 5.90. The van der Waals surface area contributed by atoms with Crippen LogP contribution in [0, 0.1) is 13.8 Å². The molecule has 2 amide bonds. The van der Waals surface area contributed by atoms with Crippen LogP contribution < -0.4 is 14.9 Å². The van der Waals surface area contributed by atoms with Gasteiger partial charge in [-0.25, -0.2) is 0 Å². The number of thiocarbonyl (C=S) groups is 1. The Balaban J connectivity index is 1.46. The third-order valence-electron chi connectivity index (χ3n) is 5.28. The smallest absolute Gasteiger partial charge is 0.285 e. The Hall–Kier alpha value is -3.62. The van der Waals surface area contributed by atoms with Crippen LogP contribution >= 0.6 is 24.0 Å². The van der Waals surface area contributed by atoms with Gasteiger partial charge in [0, 0.05) is 5.56 Å². The van der Waals surface area contributed by atoms with E-state index >= 15 is 0 Å². The number of thioether (sulfide) groups is 1. The van der Waals surface area contributed by atoms with E-state index in [4.69, 9.17) is 21.7 Å². The zero-order valence-electron chi connectivity index (χ0n) is 19.5. The first-order valence-corrected chi connectivity index (χ1v) is 12.1. The number of aryl methyl sites for hydroxylation is 2. The summed E-state index contributed by atoms with van der Waals surface area (Å²) in [7, 11) is 1.57. The molecule has 1 fully saturated rings. The Kier molecular flexibility index (Phi) is 7.53. The Labute approximate surface area is 213 Å². The molecule has 4 rings (SSSR count). The fourth-order valence-electron chi connectivity index (χ4n) is 3.44. The Bertz CT molecular complexity index is 1320. The summed E-state index contributed by atoms with van der Waals surface area (Å²) < 4.78 is 11.7. The largest absolute Gasteiger partial charge is 0.493 e. The van der Waals surface area contributed by atoms with Gasteiger partial charge >= 0.3 is 0 Å². The number of hydrazine groups is 1. The summed E-state index contributed by atoms with van der Waals surface area (Å²) in [6.45, 7) is 4.39. The molecule has 8 heteroatoms. The van der Waals surface area contributed by atoms with Crippen molar-refractivity contribution in [2.24, 2.45) is 0 Å². The molecule has 178 valence electrons. The van der Waals surface area contributed by atoms with Gasteiger partial charge in [0.15, 0.2) is 15.8 Å². The molecule has 3 aromatic rings. The van der Waals surface area contributed by atoms with E-state index in [0.717, 1.165) is 33.5 Å². The fourth-order valence-corrected chi connectivity index (χ4v) is 4.62. The number of carbonyl (C=O) groups is 2. The molecule has 35 heavy (non-hydrogen) atoms. The lowest BCUT2D eigenvalue weighted by molar-refractivity contribution is -0.123. The summed E-state index contributed by atoms with van der Waals surface area (Å²) in [5.74, 6) is 0.358. The van der Waals surface area contributed by atoms with Crippen LogP contribution in [0.2, 0.25) is 0 Å². The second-order valence-corrected chi connectivity index (χ2v) is 9.69. The van der Waals surface area contributed by atoms with Gasteiger partial charge in [0.25, 0.3) is 11.8 Å². The van der Waals surface area contributed by atoms with E-state index in [1.807, 2.05) is 50.2 Å². The summed E-state index contributed by atoms with van der Waals surface area (Å²) in [5, 5.41) is 1.10. The van der Waals surface area contributed by atoms with Crippen LogP contribution in [0.25, 0.3) is 6.08 Å². The molecule has 6 nitrogen and oxygen atoms in total. The molecule has 0 radical (unpaired) electrons. The van der Waals surface area contributed by atoms with E-state index < -0.39 is 5.91 Å². The summed E-state index contributed by atoms with van der Waals surface area (Å²) in [4.78, 5) is 25.9. The van der Waals surface area contributed by atoms with Gasteiger partial charge in [0.05, 0.1) is 12.0 Å². The first-order valence-electron chi connectivity index (χ1n) is 10.9. The monoisotopic (exact) mass is 504 g/mol. The lowest BCUT2D eigenvalue weighted by atomic mass is 10.1. The van der Waals surface area contributed by atoms with Crippen LogP contribution in [0.1, 0.15) is 32.6 Å². The molecule has 0 spiro atoms. The van der Waals surface area contributed by atoms with Crippen LogP contribution in [-0.2, 0) is 11.4 Å². The van der Waals surface area contributed by atoms with Crippen molar-refractivity contribution in [3.63, 3.8) is 0 Å². The van der Waals surface area contributed by atoms with Gasteiger partial charge in [0.2, 0.25) is 0 Å². The number of ether oxygens (including phenoxy) is 2. The topological polar surface area (TPSA) is 67.9 Å². The van der Waals surface area contributed by atoms with Gasteiger partial charge in [-0.3, -0.25) is 15.0 Å². The zero-order valence-corrected chi connectivity index (χ0v) is 21.2. The van der Waals surface area contributed by atoms with Crippen molar-refractivity contribution < 1.29 is 19.1 Å². The number of hydrogen-bond acceptors (Lipinski definition) is 6. The average Bonchev–Trinajstić information content (AvgIpc) is 3.10. The molecule has 1 saturated heterocycles. The van der Waals surface area contributed by atoms with Crippen molar-refractivity contribution in [2.45, 2.75) is 20.5 Å². The van der Waals surface area contributed by atoms with Crippen LogP contribution in [0.4, 0.5) is 0 Å². The second kappa shape index (κ2) is 10.8. The molecular formula is C27H24N2O4S2. The van der Waals surface area contributed by atoms with E-state index in [1.54, 1.807) is 37.5 Å². The number of rotatable bonds is 7. The molecule has 0 saturated carbocycles. The third-order valence-corrected chi connectivity index (χ3v) is 6.59. The predicted molar refractivity (Wildman–Crippen MR) is 142 cm³/mol. The minimum atomic E-state index is -0.403. The molecule has 0 atom stereocenters. The molecule has 0 aromatic heterocycles. The van der Waals surface area contributed by atoms with Gasteiger partial charge < -0.3 is 9.47 Å². The highest BCUT2D eigenvalue weighted by Gasteiger charge is 2.33. The maximum absolute atomic E-state index is 12.9. The Morgan fingerprint density at radius 1 is 1.03 bits per heavy atom. The van der Waals surface area contributed by atoms with Crippen LogP contribution in [0.15, 0.2) is 71.6 Å². The minimum absolute atomic E-state index is 0.256. The van der Waals surface area contributed by atoms with Gasteiger partial charge in [-0.1, -0.05) is 65.4 Å². The molecule has 1 N–H and O–H groups in total. The van der Waals surface area contributed by atoms with Crippen LogP contribution in [0.5, 0.6) is 11.5 Å². The van der Waals surface area contributed by atoms with Crippen molar-refractivity contribution in [1.29, 1.82) is 0 Å². The molecule has 3 aromatic carbocycles. The molecule has 1 aliphatic rings. The number of nitrogens with zero attached hydrogens (tertiary/aromatic N) is 1. The first kappa shape index (κ1) is 24.5. The van der Waals surface area contributed by atoms with Gasteiger partial charge in [-0.2, -0.15) is 5.01 Å². The molecular weight excluding hydrogens is 480 g/mol. The standard InChI is InChI=1S/C27H24N2O4S2/c1-17-7-10-21(11-8-17)25(30)28-29-26(31)24(35-27(29)34)15-19-9-12-22(23(14-19)32-3)33-16-20-6-4-5-18(2)13-20/h4-15H,16H2,1-3H3,(H,28,30)/b24-15+. The highest BCUT2D eigenvalue weighted by molar-refractivity contribution is 8.26. The minimum Gasteiger partial charge on any atom is -0.493 e. The number of benzene rings is 3. The Morgan fingerprint density at radius 2 is 1.80 bits per heavy atom. The van der Waals surface area contributed by atoms with Crippen LogP contribution in [-0.4, -0.2) is 28.3 Å². The van der Waals surface area contributed by atoms with Crippen LogP contribution in [0.3, 0.4) is 0 Å². The SMILES string of the molecule is COc1cc(/C=C2/SC(=S)N(NC(=O)c3ccc(C)cc3)C2=O)ccc1OCc1cccc(C)c1. The number of nitrogens with one attached hydrogen (secondary N) is 1. The van der Waals surface area contributed by atoms with Gasteiger partial charge in [-0.05, 0) is 67.5 Å². The summed E-state index contributed by atoms with van der Waals surface area (Å²) in [5.41, 5.74) is 7.05. The zero-order chi connectivity index (χ0) is 24.9. The fraction of sp³-hybridized carbons (Fsp3) is 0.148. The first-order chi connectivity index (χ1) is 16.8. The number of carbonyl (C=O) groups excluding carboxylic acids is 2. The van der Waals surface area contributed by atoms with Crippen molar-refractivity contribution in [2.75, 3.05) is 7.11 Å². The lowest BCUT2D eigenvalue weighted by Crippen LogP contribution is -2.44. The molecule has 0 unspecified atom stereocenters. The molecule has 1 aliphatic heterocycles. The second-order valence-electron chi connectivity index (χ2n) is 8.01. The highest BCUT2D eigenvalue weighted by Crippen LogP contribution is 2.34. The summed E-state index contributed by atoms with van der Waals surface area (Å²) in [6.07, 6.45) is 1.71. The molecule has 0 aliphatic carbocycles. The maximum atomic E-state index is 12.9. The number of hydrogen-bond donors (Lipinski definition) is 1. The lowest BCUT2D eigenvalue weighted by Gasteiger charge is -2.15. The molecule has 0 bridgehead atoms. The van der Waals surface area contributed by atoms with E-state index in [9.17, 15) is 9.59 Å². The van der Waals surface area contributed by atoms with Gasteiger partial charge in [0.1, 0.15) is 6.61 Å². The number of amides is 2. The number of methoxy groups -OCH3 is 1. The summed E-state index contributed by atoms with van der Waals surface area (Å²) in [6, 6.07) is 20.6. The van der Waals surface area contributed by atoms with Gasteiger partial charge in [-0.15, -0.1) is 0 Å². The van der Waals surface area contributed by atoms with Crippen molar-refractivity contribution in [3.05, 3.63) is 99.5 Å². The predicted octanol–water partition coefficient (Wildman–Crippen LogP) is 5.44. The molecule has 1 heterocycles. The van der Waals surface area contributed by atoms with Crippen molar-refractivity contribution in [1.82, 2.24) is 10.4 Å². The Morgan fingerprint density at radius 3 is 2.51 bits per heavy atom.